The van der Waals surface area contributed by atoms with E-state index in [0.717, 1.165) is 0 Å². The fourth-order valence-corrected chi connectivity index (χ4v) is 0.127. The molecule has 0 aliphatic heterocycles. The normalized spacial score (nSPS) is 9.43. The predicted octanol–water partition coefficient (Wildman–Crippen LogP) is -0.247. The number of hydrogen-bond acceptors (Lipinski definition) is 2. The monoisotopic (exact) mass is 106 g/mol. The van der Waals surface area contributed by atoms with E-state index in [1.807, 2.05) is 0 Å². The molecule has 4 nitrogen and oxygen atoms in total. The maximum absolute atomic E-state index is 9.50. The van der Waals surface area contributed by atoms with E-state index >= 15 is 0 Å². The van der Waals surface area contributed by atoms with Crippen molar-refractivity contribution in [3.05, 3.63) is 0 Å². The molecule has 0 aliphatic rings. The van der Waals surface area contributed by atoms with Gasteiger partial charge in [0.05, 0.1) is 0 Å². The standard InChI is InChI=1S/C3H6O4/c4-1-2-6-7-3-5/h1-3H2. The van der Waals surface area contributed by atoms with Gasteiger partial charge in [0.2, 0.25) is 6.79 Å². The van der Waals surface area contributed by atoms with Crippen LogP contribution in [0.4, 0.5) is 0 Å². The molecule has 2 radical (unpaired) electrons. The second-order valence-corrected chi connectivity index (χ2v) is 0.762. The van der Waals surface area contributed by atoms with Gasteiger partial charge < -0.3 is 0 Å². The van der Waals surface area contributed by atoms with Gasteiger partial charge in [0.1, 0.15) is 13.2 Å². The first kappa shape index (κ1) is 6.84. The van der Waals surface area contributed by atoms with Crippen LogP contribution >= 0.6 is 0 Å². The zero-order valence-electron chi connectivity index (χ0n) is 3.75. The molecule has 42 valence electrons. The van der Waals surface area contributed by atoms with Gasteiger partial charge in [-0.25, -0.2) is 20.0 Å². The summed E-state index contributed by atoms with van der Waals surface area (Å²) in [6.45, 7) is -1.18. The second-order valence-electron chi connectivity index (χ2n) is 0.762. The summed E-state index contributed by atoms with van der Waals surface area (Å²) in [4.78, 5) is 7.83. The van der Waals surface area contributed by atoms with Gasteiger partial charge in [0.15, 0.2) is 0 Å². The molecule has 0 aromatic heterocycles. The van der Waals surface area contributed by atoms with Gasteiger partial charge in [-0.2, -0.15) is 0 Å². The molecule has 0 fully saturated rings. The molecule has 0 atom stereocenters. The fraction of sp³-hybridized carbons (Fsp3) is 1.00. The van der Waals surface area contributed by atoms with Gasteiger partial charge >= 0.3 is 0 Å². The summed E-state index contributed by atoms with van der Waals surface area (Å²) in [6, 6.07) is 0. The Morgan fingerprint density at radius 1 is 1.14 bits per heavy atom. The van der Waals surface area contributed by atoms with Gasteiger partial charge in [0.25, 0.3) is 0 Å². The van der Waals surface area contributed by atoms with E-state index in [4.69, 9.17) is 0 Å². The van der Waals surface area contributed by atoms with Crippen LogP contribution in [0.1, 0.15) is 0 Å². The Balaban J connectivity index is 2.45. The van der Waals surface area contributed by atoms with Crippen LogP contribution in [0.3, 0.4) is 0 Å². The molecule has 0 rings (SSSR count). The Labute approximate surface area is 41.2 Å². The first-order chi connectivity index (χ1) is 3.41. The first-order valence-corrected chi connectivity index (χ1v) is 1.82. The maximum Gasteiger partial charge on any atom is 0.214 e. The van der Waals surface area contributed by atoms with E-state index in [1.165, 1.54) is 0 Å². The molecule has 0 heterocycles. The van der Waals surface area contributed by atoms with Crippen LogP contribution < -0.4 is 0 Å². The first-order valence-electron chi connectivity index (χ1n) is 1.82. The predicted molar refractivity (Wildman–Crippen MR) is 18.1 cm³/mol. The van der Waals surface area contributed by atoms with E-state index in [-0.39, 0.29) is 13.2 Å². The van der Waals surface area contributed by atoms with Crippen molar-refractivity contribution < 1.29 is 20.0 Å². The van der Waals surface area contributed by atoms with E-state index in [9.17, 15) is 10.2 Å². The van der Waals surface area contributed by atoms with E-state index in [2.05, 4.69) is 9.78 Å². The zero-order chi connectivity index (χ0) is 5.54. The van der Waals surface area contributed by atoms with Crippen LogP contribution in [0, 0.1) is 0 Å². The summed E-state index contributed by atoms with van der Waals surface area (Å²) < 4.78 is 0. The third kappa shape index (κ3) is 5.84. The molecular formula is C3H6O4. The summed E-state index contributed by atoms with van der Waals surface area (Å²) in [6.07, 6.45) is 0. The van der Waals surface area contributed by atoms with Crippen LogP contribution in [-0.2, 0) is 20.0 Å². The summed E-state index contributed by atoms with van der Waals surface area (Å²) >= 11 is 0. The van der Waals surface area contributed by atoms with Gasteiger partial charge in [-0.3, -0.25) is 0 Å². The van der Waals surface area contributed by atoms with Crippen molar-refractivity contribution >= 4 is 0 Å². The molecule has 0 aliphatic carbocycles. The molecule has 4 heteroatoms. The Bertz CT molecular complexity index is 26.1. The third-order valence-corrected chi connectivity index (χ3v) is 0.298. The highest BCUT2D eigenvalue weighted by Crippen LogP contribution is 1.72. The number of rotatable bonds is 4. The van der Waals surface area contributed by atoms with Crippen LogP contribution in [0.2, 0.25) is 0 Å². The maximum atomic E-state index is 9.50. The largest absolute Gasteiger partial charge is 0.234 e. The summed E-state index contributed by atoms with van der Waals surface area (Å²) in [5.41, 5.74) is 0. The smallest absolute Gasteiger partial charge is 0.214 e. The molecule has 0 spiro atoms. The molecule has 0 aromatic rings. The van der Waals surface area contributed by atoms with Gasteiger partial charge in [0, 0.05) is 0 Å². The Hall–Kier alpha value is -0.160. The van der Waals surface area contributed by atoms with Crippen molar-refractivity contribution in [3.63, 3.8) is 0 Å². The van der Waals surface area contributed by atoms with E-state index in [0.29, 0.717) is 0 Å². The summed E-state index contributed by atoms with van der Waals surface area (Å²) in [5, 5.41) is 18.9. The summed E-state index contributed by atoms with van der Waals surface area (Å²) in [5.74, 6) is 0. The lowest BCUT2D eigenvalue weighted by Gasteiger charge is -1.92. The molecule has 0 bridgehead atoms. The van der Waals surface area contributed by atoms with E-state index in [1.54, 1.807) is 0 Å². The Morgan fingerprint density at radius 3 is 2.29 bits per heavy atom. The average molecular weight is 106 g/mol. The fourth-order valence-electron chi connectivity index (χ4n) is 0.127. The lowest BCUT2D eigenvalue weighted by molar-refractivity contribution is -0.341. The third-order valence-electron chi connectivity index (χ3n) is 0.298. The SMILES string of the molecule is [O]CCOOC[O]. The highest BCUT2D eigenvalue weighted by Gasteiger charge is 1.81. The molecule has 0 saturated heterocycles. The minimum atomic E-state index is -0.750. The van der Waals surface area contributed by atoms with Gasteiger partial charge in [-0.1, -0.05) is 0 Å². The van der Waals surface area contributed by atoms with Crippen molar-refractivity contribution in [2.75, 3.05) is 20.0 Å². The average Bonchev–Trinajstić information content (AvgIpc) is 1.69. The Kier molecular flexibility index (Phi) is 5.71. The molecule has 0 unspecified atom stereocenters. The molecule has 0 N–H and O–H groups in total. The highest BCUT2D eigenvalue weighted by atomic mass is 17.2. The van der Waals surface area contributed by atoms with Crippen molar-refractivity contribution in [2.24, 2.45) is 0 Å². The van der Waals surface area contributed by atoms with Crippen molar-refractivity contribution in [1.29, 1.82) is 0 Å². The molecular weight excluding hydrogens is 100 g/mol. The molecule has 0 aromatic carbocycles. The quantitative estimate of drug-likeness (QED) is 0.215. The number of hydrogen-bond donors (Lipinski definition) is 0. The second kappa shape index (κ2) is 5.84. The van der Waals surface area contributed by atoms with Gasteiger partial charge in [-0.15, -0.1) is 0 Å². The van der Waals surface area contributed by atoms with Crippen LogP contribution in [0.5, 0.6) is 0 Å². The van der Waals surface area contributed by atoms with Gasteiger partial charge in [-0.05, 0) is 0 Å². The Morgan fingerprint density at radius 2 is 1.86 bits per heavy atom. The topological polar surface area (TPSA) is 58.3 Å². The summed E-state index contributed by atoms with van der Waals surface area (Å²) in [7, 11) is 0. The minimum Gasteiger partial charge on any atom is -0.234 e. The van der Waals surface area contributed by atoms with Crippen LogP contribution in [0.15, 0.2) is 0 Å². The molecule has 7 heavy (non-hydrogen) atoms. The van der Waals surface area contributed by atoms with Crippen LogP contribution in [-0.4, -0.2) is 20.0 Å². The van der Waals surface area contributed by atoms with Crippen LogP contribution in [0.25, 0.3) is 0 Å². The minimum absolute atomic E-state index is 0.0533. The lowest BCUT2D eigenvalue weighted by atomic mass is 10.8. The zero-order valence-corrected chi connectivity index (χ0v) is 3.75. The lowest BCUT2D eigenvalue weighted by Crippen LogP contribution is -1.98. The van der Waals surface area contributed by atoms with E-state index < -0.39 is 6.79 Å². The molecule has 0 amide bonds. The van der Waals surface area contributed by atoms with Crippen molar-refractivity contribution in [2.45, 2.75) is 0 Å². The van der Waals surface area contributed by atoms with Crippen molar-refractivity contribution in [1.82, 2.24) is 0 Å². The molecule has 0 saturated carbocycles. The highest BCUT2D eigenvalue weighted by molar-refractivity contribution is 4.10. The van der Waals surface area contributed by atoms with Crippen molar-refractivity contribution in [3.8, 4) is 0 Å².